The molecule has 2 aromatic carbocycles. The molecule has 0 aliphatic carbocycles. The van der Waals surface area contributed by atoms with E-state index in [0.29, 0.717) is 38.9 Å². The fourth-order valence-corrected chi connectivity index (χ4v) is 2.66. The molecule has 0 aliphatic rings. The Hall–Kier alpha value is -3.13. The maximum atomic E-state index is 12.2. The Kier molecular flexibility index (Phi) is 5.56. The highest BCUT2D eigenvalue weighted by Gasteiger charge is 2.13. The zero-order valence-electron chi connectivity index (χ0n) is 14.3. The van der Waals surface area contributed by atoms with Gasteiger partial charge in [-0.1, -0.05) is 11.6 Å². The number of nitrogens with zero attached hydrogens (tertiary/aromatic N) is 2. The molecule has 140 valence electrons. The van der Waals surface area contributed by atoms with Crippen molar-refractivity contribution in [2.75, 3.05) is 25.7 Å². The zero-order chi connectivity index (χ0) is 19.4. The van der Waals surface area contributed by atoms with Gasteiger partial charge in [-0.3, -0.25) is 4.79 Å². The van der Waals surface area contributed by atoms with Crippen LogP contribution >= 0.6 is 11.6 Å². The maximum Gasteiger partial charge on any atom is 0.286 e. The van der Waals surface area contributed by atoms with Crippen LogP contribution in [-0.2, 0) is 0 Å². The molecule has 27 heavy (non-hydrogen) atoms. The van der Waals surface area contributed by atoms with Gasteiger partial charge < -0.3 is 20.5 Å². The van der Waals surface area contributed by atoms with E-state index in [1.54, 1.807) is 36.4 Å². The Labute approximate surface area is 159 Å². The lowest BCUT2D eigenvalue weighted by atomic mass is 10.2. The van der Waals surface area contributed by atoms with Crippen molar-refractivity contribution < 1.29 is 18.7 Å². The lowest BCUT2D eigenvalue weighted by Crippen LogP contribution is -2.16. The summed E-state index contributed by atoms with van der Waals surface area (Å²) in [5.41, 5.74) is 6.43. The fraction of sp³-hybridized carbons (Fsp3) is 0.167. The van der Waals surface area contributed by atoms with Gasteiger partial charge in [0.05, 0.1) is 17.6 Å². The van der Waals surface area contributed by atoms with Crippen LogP contribution in [-0.4, -0.2) is 36.3 Å². The van der Waals surface area contributed by atoms with E-state index in [1.807, 2.05) is 0 Å². The lowest BCUT2D eigenvalue weighted by molar-refractivity contribution is 0.0991. The Morgan fingerprint density at radius 1 is 1.26 bits per heavy atom. The van der Waals surface area contributed by atoms with Gasteiger partial charge in [0.2, 0.25) is 5.82 Å². The minimum Gasteiger partial charge on any atom is -0.497 e. The third-order valence-electron chi connectivity index (χ3n) is 3.65. The van der Waals surface area contributed by atoms with Crippen molar-refractivity contribution in [3.8, 4) is 11.5 Å². The summed E-state index contributed by atoms with van der Waals surface area (Å²) in [5, 5.41) is 4.06. The predicted octanol–water partition coefficient (Wildman–Crippen LogP) is 3.48. The number of aromatic nitrogens is 2. The number of primary amides is 1. The first-order chi connectivity index (χ1) is 13.0. The first-order valence-corrected chi connectivity index (χ1v) is 8.30. The molecule has 0 saturated heterocycles. The minimum absolute atomic E-state index is 0.0765. The molecule has 0 unspecified atom stereocenters. The molecule has 7 nitrogen and oxygen atoms in total. The Bertz CT molecular complexity index is 1000. The second kappa shape index (κ2) is 8.05. The average Bonchev–Trinajstić information content (AvgIpc) is 2.66. The second-order valence-corrected chi connectivity index (χ2v) is 5.86. The van der Waals surface area contributed by atoms with E-state index in [2.05, 4.69) is 15.3 Å². The molecule has 0 radical (unpaired) electrons. The first-order valence-electron chi connectivity index (χ1n) is 7.92. The summed E-state index contributed by atoms with van der Waals surface area (Å²) in [6.45, 7) is -0.685. The number of carbonyl (C=O) groups excluding carboxylic acids is 1. The third-order valence-corrected chi connectivity index (χ3v) is 3.95. The van der Waals surface area contributed by atoms with E-state index in [4.69, 9.17) is 26.8 Å². The molecule has 0 spiro atoms. The molecule has 0 atom stereocenters. The van der Waals surface area contributed by atoms with Gasteiger partial charge in [0.15, 0.2) is 0 Å². The van der Waals surface area contributed by atoms with E-state index < -0.39 is 12.6 Å². The number of amides is 1. The standard InChI is InChI=1S/C18H16ClFN4O3/c1-26-11-3-4-12-14(9-11)23-18(16(21)25)24-17(12)22-10-2-5-15(13(19)8-10)27-7-6-20/h2-5,8-9H,6-7H2,1H3,(H2,21,25)(H,22,23,24). The quantitative estimate of drug-likeness (QED) is 0.640. The van der Waals surface area contributed by atoms with Gasteiger partial charge in [-0.05, 0) is 30.3 Å². The number of benzene rings is 2. The fourth-order valence-electron chi connectivity index (χ4n) is 2.42. The zero-order valence-corrected chi connectivity index (χ0v) is 15.1. The number of rotatable bonds is 7. The summed E-state index contributed by atoms with van der Waals surface area (Å²) in [5.74, 6) is 0.447. The van der Waals surface area contributed by atoms with Gasteiger partial charge >= 0.3 is 0 Å². The van der Waals surface area contributed by atoms with Crippen LogP contribution in [0.5, 0.6) is 11.5 Å². The maximum absolute atomic E-state index is 12.2. The SMILES string of the molecule is COc1ccc2c(Nc3ccc(OCCF)c(Cl)c3)nc(C(N)=O)nc2c1. The van der Waals surface area contributed by atoms with Gasteiger partial charge in [0.1, 0.15) is 30.6 Å². The largest absolute Gasteiger partial charge is 0.497 e. The van der Waals surface area contributed by atoms with Gasteiger partial charge in [0, 0.05) is 17.1 Å². The van der Waals surface area contributed by atoms with Crippen LogP contribution in [0.1, 0.15) is 10.6 Å². The van der Waals surface area contributed by atoms with E-state index >= 15 is 0 Å². The smallest absolute Gasteiger partial charge is 0.286 e. The van der Waals surface area contributed by atoms with Crippen molar-refractivity contribution in [3.63, 3.8) is 0 Å². The minimum atomic E-state index is -0.754. The Balaban J connectivity index is 2.00. The second-order valence-electron chi connectivity index (χ2n) is 5.45. The lowest BCUT2D eigenvalue weighted by Gasteiger charge is -2.12. The number of fused-ring (bicyclic) bond motifs is 1. The molecule has 1 aromatic heterocycles. The van der Waals surface area contributed by atoms with Gasteiger partial charge in [-0.15, -0.1) is 0 Å². The van der Waals surface area contributed by atoms with Crippen molar-refractivity contribution in [3.05, 3.63) is 47.2 Å². The van der Waals surface area contributed by atoms with Crippen molar-refractivity contribution in [2.45, 2.75) is 0 Å². The normalized spacial score (nSPS) is 10.6. The number of hydrogen-bond donors (Lipinski definition) is 2. The van der Waals surface area contributed by atoms with Crippen molar-refractivity contribution in [2.24, 2.45) is 5.73 Å². The molecule has 1 amide bonds. The number of carbonyl (C=O) groups is 1. The monoisotopic (exact) mass is 390 g/mol. The topological polar surface area (TPSA) is 99.4 Å². The van der Waals surface area contributed by atoms with Crippen LogP contribution < -0.4 is 20.5 Å². The molecule has 9 heteroatoms. The van der Waals surface area contributed by atoms with Crippen molar-refractivity contribution >= 4 is 39.9 Å². The molecule has 3 N–H and O–H groups in total. The summed E-state index contributed by atoms with van der Waals surface area (Å²) in [4.78, 5) is 19.9. The number of ether oxygens (including phenoxy) is 2. The van der Waals surface area contributed by atoms with Gasteiger partial charge in [-0.2, -0.15) is 0 Å². The molecule has 3 aromatic rings. The van der Waals surface area contributed by atoms with Crippen molar-refractivity contribution in [1.82, 2.24) is 9.97 Å². The molecule has 0 fully saturated rings. The highest BCUT2D eigenvalue weighted by Crippen LogP contribution is 2.31. The van der Waals surface area contributed by atoms with Crippen LogP contribution in [0.15, 0.2) is 36.4 Å². The molecule has 0 bridgehead atoms. The molecular weight excluding hydrogens is 375 g/mol. The number of methoxy groups -OCH3 is 1. The number of alkyl halides is 1. The number of anilines is 2. The number of hydrogen-bond acceptors (Lipinski definition) is 6. The van der Waals surface area contributed by atoms with Crippen molar-refractivity contribution in [1.29, 1.82) is 0 Å². The molecule has 1 heterocycles. The summed E-state index contributed by atoms with van der Waals surface area (Å²) in [7, 11) is 1.53. The molecule has 3 rings (SSSR count). The third kappa shape index (κ3) is 4.17. The van der Waals surface area contributed by atoms with E-state index in [0.717, 1.165) is 0 Å². The first kappa shape index (κ1) is 18.7. The highest BCUT2D eigenvalue weighted by atomic mass is 35.5. The Morgan fingerprint density at radius 3 is 2.74 bits per heavy atom. The molecule has 0 saturated carbocycles. The van der Waals surface area contributed by atoms with Crippen LogP contribution in [0.25, 0.3) is 10.9 Å². The summed E-state index contributed by atoms with van der Waals surface area (Å²) in [6, 6.07) is 10.1. The number of nitrogens with two attached hydrogens (primary N) is 1. The molecule has 0 aliphatic heterocycles. The van der Waals surface area contributed by atoms with Gasteiger partial charge in [-0.25, -0.2) is 14.4 Å². The molecular formula is C18H16ClFN4O3. The summed E-state index contributed by atoms with van der Waals surface area (Å²) < 4.78 is 22.6. The summed E-state index contributed by atoms with van der Waals surface area (Å²) in [6.07, 6.45) is 0. The Morgan fingerprint density at radius 2 is 2.07 bits per heavy atom. The number of nitrogens with one attached hydrogen (secondary N) is 1. The van der Waals surface area contributed by atoms with E-state index in [1.165, 1.54) is 7.11 Å². The summed E-state index contributed by atoms with van der Waals surface area (Å²) >= 11 is 6.16. The van der Waals surface area contributed by atoms with Gasteiger partial charge in [0.25, 0.3) is 5.91 Å². The van der Waals surface area contributed by atoms with E-state index in [-0.39, 0.29) is 12.4 Å². The van der Waals surface area contributed by atoms with Crippen LogP contribution in [0.3, 0.4) is 0 Å². The number of halogens is 2. The van der Waals surface area contributed by atoms with E-state index in [9.17, 15) is 9.18 Å². The van der Waals surface area contributed by atoms with Crippen LogP contribution in [0, 0.1) is 0 Å². The predicted molar refractivity (Wildman–Crippen MR) is 101 cm³/mol. The van der Waals surface area contributed by atoms with Crippen LogP contribution in [0.2, 0.25) is 5.02 Å². The highest BCUT2D eigenvalue weighted by molar-refractivity contribution is 6.32. The average molecular weight is 391 g/mol. The van der Waals surface area contributed by atoms with Crippen LogP contribution in [0.4, 0.5) is 15.9 Å².